The van der Waals surface area contributed by atoms with Crippen molar-refractivity contribution in [1.82, 2.24) is 15.2 Å². The van der Waals surface area contributed by atoms with Gasteiger partial charge < -0.3 is 10.6 Å². The van der Waals surface area contributed by atoms with E-state index in [1.54, 1.807) is 6.20 Å². The van der Waals surface area contributed by atoms with Gasteiger partial charge in [-0.2, -0.15) is 10.1 Å². The predicted octanol–water partition coefficient (Wildman–Crippen LogP) is 4.43. The summed E-state index contributed by atoms with van der Waals surface area (Å²) < 4.78 is 1.10. The molecule has 1 aliphatic rings. The average molecular weight is 362 g/mol. The van der Waals surface area contributed by atoms with Gasteiger partial charge in [-0.05, 0) is 43.5 Å². The van der Waals surface area contributed by atoms with Crippen molar-refractivity contribution in [2.75, 3.05) is 10.6 Å². The summed E-state index contributed by atoms with van der Waals surface area (Å²) in [5, 5.41) is 14.8. The Morgan fingerprint density at radius 1 is 1.18 bits per heavy atom. The summed E-state index contributed by atoms with van der Waals surface area (Å²) >= 11 is 3.51. The minimum absolute atomic E-state index is 0.473. The number of hydrogen-bond donors (Lipinski definition) is 2. The van der Waals surface area contributed by atoms with Crippen LogP contribution < -0.4 is 10.6 Å². The van der Waals surface area contributed by atoms with Gasteiger partial charge in [-0.15, -0.1) is 5.10 Å². The van der Waals surface area contributed by atoms with Crippen molar-refractivity contribution >= 4 is 33.4 Å². The summed E-state index contributed by atoms with van der Waals surface area (Å²) in [6.45, 7) is 2.06. The fraction of sp³-hybridized carbons (Fsp3) is 0.438. The second-order valence-corrected chi connectivity index (χ2v) is 6.59. The van der Waals surface area contributed by atoms with Crippen LogP contribution in [0.1, 0.15) is 37.7 Å². The first-order valence-electron chi connectivity index (χ1n) is 7.70. The van der Waals surface area contributed by atoms with Crippen LogP contribution in [-0.2, 0) is 0 Å². The number of rotatable bonds is 4. The second kappa shape index (κ2) is 7.05. The first kappa shape index (κ1) is 15.2. The van der Waals surface area contributed by atoms with Gasteiger partial charge in [0, 0.05) is 16.2 Å². The minimum Gasteiger partial charge on any atom is -0.350 e. The van der Waals surface area contributed by atoms with Gasteiger partial charge in [-0.1, -0.05) is 35.2 Å². The molecule has 6 heteroatoms. The van der Waals surface area contributed by atoms with E-state index >= 15 is 0 Å². The lowest BCUT2D eigenvalue weighted by Gasteiger charge is -2.22. The molecule has 1 aromatic heterocycles. The lowest BCUT2D eigenvalue weighted by molar-refractivity contribution is 0.460. The number of benzene rings is 1. The van der Waals surface area contributed by atoms with Crippen LogP contribution in [0.2, 0.25) is 0 Å². The summed E-state index contributed by atoms with van der Waals surface area (Å²) in [7, 11) is 0. The van der Waals surface area contributed by atoms with Crippen LogP contribution in [0.15, 0.2) is 28.9 Å². The van der Waals surface area contributed by atoms with E-state index in [4.69, 9.17) is 0 Å². The number of hydrogen-bond acceptors (Lipinski definition) is 5. The average Bonchev–Trinajstić information content (AvgIpc) is 2.52. The number of anilines is 3. The van der Waals surface area contributed by atoms with E-state index in [2.05, 4.69) is 54.7 Å². The molecule has 0 aliphatic heterocycles. The van der Waals surface area contributed by atoms with Crippen LogP contribution in [0.5, 0.6) is 0 Å². The fourth-order valence-electron chi connectivity index (χ4n) is 2.72. The lowest BCUT2D eigenvalue weighted by Crippen LogP contribution is -2.23. The number of halogens is 1. The number of aryl methyl sites for hydroxylation is 1. The standard InChI is InChI=1S/C16H20BrN5/c1-11-9-13(7-8-14(11)17)19-15-10-18-22-16(21-15)20-12-5-3-2-4-6-12/h7-10,12H,2-6H2,1H3,(H2,19,20,21,22). The number of aromatic nitrogens is 3. The number of nitrogens with one attached hydrogen (secondary N) is 2. The molecule has 22 heavy (non-hydrogen) atoms. The maximum atomic E-state index is 4.51. The van der Waals surface area contributed by atoms with E-state index in [0.29, 0.717) is 17.8 Å². The van der Waals surface area contributed by atoms with E-state index in [-0.39, 0.29) is 0 Å². The molecule has 116 valence electrons. The molecule has 1 heterocycles. The lowest BCUT2D eigenvalue weighted by atomic mass is 9.96. The van der Waals surface area contributed by atoms with Crippen molar-refractivity contribution in [1.29, 1.82) is 0 Å². The van der Waals surface area contributed by atoms with Crippen molar-refractivity contribution in [3.05, 3.63) is 34.4 Å². The summed E-state index contributed by atoms with van der Waals surface area (Å²) in [6, 6.07) is 6.57. The van der Waals surface area contributed by atoms with Crippen LogP contribution in [-0.4, -0.2) is 21.2 Å². The van der Waals surface area contributed by atoms with Crippen molar-refractivity contribution in [3.63, 3.8) is 0 Å². The summed E-state index contributed by atoms with van der Waals surface area (Å²) in [5.74, 6) is 1.31. The summed E-state index contributed by atoms with van der Waals surface area (Å²) in [6.07, 6.45) is 7.91. The van der Waals surface area contributed by atoms with Gasteiger partial charge in [0.2, 0.25) is 5.95 Å². The van der Waals surface area contributed by atoms with Crippen LogP contribution in [0.3, 0.4) is 0 Å². The van der Waals surface area contributed by atoms with Crippen LogP contribution >= 0.6 is 15.9 Å². The monoisotopic (exact) mass is 361 g/mol. The van der Waals surface area contributed by atoms with E-state index in [1.807, 2.05) is 12.1 Å². The first-order valence-corrected chi connectivity index (χ1v) is 8.49. The zero-order chi connectivity index (χ0) is 15.4. The van der Waals surface area contributed by atoms with Crippen molar-refractivity contribution in [2.45, 2.75) is 45.1 Å². The zero-order valence-electron chi connectivity index (χ0n) is 12.6. The molecule has 0 radical (unpaired) electrons. The molecule has 1 fully saturated rings. The zero-order valence-corrected chi connectivity index (χ0v) is 14.2. The Morgan fingerprint density at radius 3 is 2.77 bits per heavy atom. The maximum absolute atomic E-state index is 4.51. The number of nitrogens with zero attached hydrogens (tertiary/aromatic N) is 3. The molecular weight excluding hydrogens is 342 g/mol. The first-order chi connectivity index (χ1) is 10.7. The molecule has 0 amide bonds. The molecule has 0 bridgehead atoms. The highest BCUT2D eigenvalue weighted by molar-refractivity contribution is 9.10. The van der Waals surface area contributed by atoms with Gasteiger partial charge in [0.25, 0.3) is 0 Å². The van der Waals surface area contributed by atoms with Gasteiger partial charge in [-0.25, -0.2) is 0 Å². The summed E-state index contributed by atoms with van der Waals surface area (Å²) in [4.78, 5) is 4.51. The Morgan fingerprint density at radius 2 is 2.00 bits per heavy atom. The van der Waals surface area contributed by atoms with Gasteiger partial charge in [0.05, 0.1) is 6.20 Å². The molecular formula is C16H20BrN5. The molecule has 0 spiro atoms. The molecule has 1 aliphatic carbocycles. The largest absolute Gasteiger partial charge is 0.350 e. The molecule has 1 aromatic carbocycles. The molecule has 3 rings (SSSR count). The molecule has 2 N–H and O–H groups in total. The predicted molar refractivity (Wildman–Crippen MR) is 92.5 cm³/mol. The Kier molecular flexibility index (Phi) is 4.87. The fourth-order valence-corrected chi connectivity index (χ4v) is 2.97. The molecule has 0 unspecified atom stereocenters. The van der Waals surface area contributed by atoms with Crippen LogP contribution in [0.4, 0.5) is 17.5 Å². The smallest absolute Gasteiger partial charge is 0.244 e. The van der Waals surface area contributed by atoms with Gasteiger partial charge in [0.15, 0.2) is 5.82 Å². The van der Waals surface area contributed by atoms with Crippen LogP contribution in [0.25, 0.3) is 0 Å². The van der Waals surface area contributed by atoms with Crippen LogP contribution in [0, 0.1) is 6.92 Å². The molecule has 5 nitrogen and oxygen atoms in total. The Bertz CT molecular complexity index is 640. The third-order valence-corrected chi connectivity index (χ3v) is 4.82. The quantitative estimate of drug-likeness (QED) is 0.843. The molecule has 1 saturated carbocycles. The van der Waals surface area contributed by atoms with Gasteiger partial charge in [-0.3, -0.25) is 0 Å². The van der Waals surface area contributed by atoms with Crippen molar-refractivity contribution in [3.8, 4) is 0 Å². The summed E-state index contributed by atoms with van der Waals surface area (Å²) in [5.41, 5.74) is 2.16. The van der Waals surface area contributed by atoms with Gasteiger partial charge in [0.1, 0.15) is 0 Å². The third-order valence-electron chi connectivity index (χ3n) is 3.93. The highest BCUT2D eigenvalue weighted by Gasteiger charge is 2.14. The molecule has 2 aromatic rings. The van der Waals surface area contributed by atoms with Crippen molar-refractivity contribution < 1.29 is 0 Å². The Balaban J connectivity index is 1.68. The SMILES string of the molecule is Cc1cc(Nc2cnnc(NC3CCCCC3)n2)ccc1Br. The second-order valence-electron chi connectivity index (χ2n) is 5.73. The van der Waals surface area contributed by atoms with Gasteiger partial charge >= 0.3 is 0 Å². The Labute approximate surface area is 139 Å². The normalized spacial score (nSPS) is 15.5. The van der Waals surface area contributed by atoms with E-state index in [0.717, 1.165) is 10.2 Å². The minimum atomic E-state index is 0.473. The third kappa shape index (κ3) is 3.94. The maximum Gasteiger partial charge on any atom is 0.244 e. The van der Waals surface area contributed by atoms with E-state index in [9.17, 15) is 0 Å². The van der Waals surface area contributed by atoms with Crippen molar-refractivity contribution in [2.24, 2.45) is 0 Å². The topological polar surface area (TPSA) is 62.7 Å². The Hall–Kier alpha value is -1.69. The molecule has 0 saturated heterocycles. The highest BCUT2D eigenvalue weighted by Crippen LogP contribution is 2.23. The highest BCUT2D eigenvalue weighted by atomic mass is 79.9. The molecule has 0 atom stereocenters. The van der Waals surface area contributed by atoms with E-state index < -0.39 is 0 Å². The van der Waals surface area contributed by atoms with E-state index in [1.165, 1.54) is 37.7 Å².